The zero-order valence-electron chi connectivity index (χ0n) is 9.02. The predicted molar refractivity (Wildman–Crippen MR) is 61.4 cm³/mol. The van der Waals surface area contributed by atoms with Crippen LogP contribution in [0.1, 0.15) is 19.8 Å². The summed E-state index contributed by atoms with van der Waals surface area (Å²) in [5.41, 5.74) is 0. The van der Waals surface area contributed by atoms with Crippen LogP contribution < -0.4 is 0 Å². The fourth-order valence-electron chi connectivity index (χ4n) is 1.93. The number of thiophene rings is 1. The van der Waals surface area contributed by atoms with Gasteiger partial charge in [-0.3, -0.25) is 0 Å². The number of piperidine rings is 1. The summed E-state index contributed by atoms with van der Waals surface area (Å²) in [5.74, 6) is 0.383. The molecule has 2 rings (SSSR count). The third kappa shape index (κ3) is 2.28. The fraction of sp³-hybridized carbons (Fsp3) is 0.600. The zero-order chi connectivity index (χ0) is 11.8. The molecular formula is C10H14FNO2S2. The summed E-state index contributed by atoms with van der Waals surface area (Å²) in [4.78, 5) is 0. The quantitative estimate of drug-likeness (QED) is 0.821. The van der Waals surface area contributed by atoms with Crippen LogP contribution in [0.25, 0.3) is 0 Å². The van der Waals surface area contributed by atoms with Gasteiger partial charge in [-0.25, -0.2) is 8.42 Å². The van der Waals surface area contributed by atoms with Crippen LogP contribution in [0.5, 0.6) is 0 Å². The van der Waals surface area contributed by atoms with Crippen LogP contribution in [-0.4, -0.2) is 25.8 Å². The molecule has 0 saturated carbocycles. The number of sulfonamides is 1. The van der Waals surface area contributed by atoms with Crippen molar-refractivity contribution in [3.8, 4) is 0 Å². The van der Waals surface area contributed by atoms with Gasteiger partial charge in [0.25, 0.3) is 10.0 Å². The minimum Gasteiger partial charge on any atom is -0.206 e. The molecule has 0 amide bonds. The van der Waals surface area contributed by atoms with Crippen molar-refractivity contribution in [1.29, 1.82) is 0 Å². The summed E-state index contributed by atoms with van der Waals surface area (Å²) in [7, 11) is -3.46. The van der Waals surface area contributed by atoms with Gasteiger partial charge in [0.15, 0.2) is 5.13 Å². The second-order valence-corrected chi connectivity index (χ2v) is 7.37. The lowest BCUT2D eigenvalue weighted by Gasteiger charge is -2.29. The van der Waals surface area contributed by atoms with Crippen LogP contribution in [0, 0.1) is 11.0 Å². The van der Waals surface area contributed by atoms with Gasteiger partial charge in [0.05, 0.1) is 0 Å². The van der Waals surface area contributed by atoms with E-state index < -0.39 is 15.2 Å². The van der Waals surface area contributed by atoms with Gasteiger partial charge in [0.1, 0.15) is 4.21 Å². The van der Waals surface area contributed by atoms with E-state index in [0.717, 1.165) is 12.8 Å². The second kappa shape index (κ2) is 4.43. The molecule has 1 aliphatic rings. The van der Waals surface area contributed by atoms with Gasteiger partial charge >= 0.3 is 0 Å². The zero-order valence-corrected chi connectivity index (χ0v) is 10.7. The molecule has 1 aromatic heterocycles. The minimum atomic E-state index is -3.46. The Balaban J connectivity index is 2.25. The Hall–Kier alpha value is -0.460. The third-order valence-corrected chi connectivity index (χ3v) is 5.97. The third-order valence-electron chi connectivity index (χ3n) is 2.76. The Morgan fingerprint density at radius 3 is 2.81 bits per heavy atom. The molecule has 0 bridgehead atoms. The molecule has 3 nitrogen and oxygen atoms in total. The van der Waals surface area contributed by atoms with Gasteiger partial charge in [-0.1, -0.05) is 18.3 Å². The molecule has 1 saturated heterocycles. The SMILES string of the molecule is C[C@@H]1CCCN(S(=O)(=O)c2ccc(F)s2)C1. The number of hydrogen-bond donors (Lipinski definition) is 0. The minimum absolute atomic E-state index is 0.110. The van der Waals surface area contributed by atoms with E-state index in [2.05, 4.69) is 0 Å². The lowest BCUT2D eigenvalue weighted by molar-refractivity contribution is 0.281. The number of hydrogen-bond acceptors (Lipinski definition) is 3. The maximum atomic E-state index is 12.8. The molecule has 0 aromatic carbocycles. The molecule has 16 heavy (non-hydrogen) atoms. The maximum absolute atomic E-state index is 12.8. The van der Waals surface area contributed by atoms with Crippen molar-refractivity contribution in [2.45, 2.75) is 24.0 Å². The highest BCUT2D eigenvalue weighted by Crippen LogP contribution is 2.27. The lowest BCUT2D eigenvalue weighted by Crippen LogP contribution is -2.38. The molecule has 1 fully saturated rings. The summed E-state index contributed by atoms with van der Waals surface area (Å²) in [5, 5.41) is -0.455. The Labute approximate surface area is 98.9 Å². The van der Waals surface area contributed by atoms with E-state index in [1.165, 1.54) is 16.4 Å². The van der Waals surface area contributed by atoms with Crippen LogP contribution in [0.15, 0.2) is 16.3 Å². The predicted octanol–water partition coefficient (Wildman–Crippen LogP) is 2.31. The molecule has 2 heterocycles. The topological polar surface area (TPSA) is 37.4 Å². The van der Waals surface area contributed by atoms with Crippen molar-refractivity contribution < 1.29 is 12.8 Å². The molecule has 1 aliphatic heterocycles. The van der Waals surface area contributed by atoms with E-state index in [0.29, 0.717) is 30.3 Å². The highest BCUT2D eigenvalue weighted by Gasteiger charge is 2.29. The molecule has 1 aromatic rings. The van der Waals surface area contributed by atoms with Gasteiger partial charge in [-0.05, 0) is 30.9 Å². The Morgan fingerprint density at radius 2 is 2.25 bits per heavy atom. The van der Waals surface area contributed by atoms with E-state index >= 15 is 0 Å². The standard InChI is InChI=1S/C10H14FNO2S2/c1-8-3-2-6-12(7-8)16(13,14)10-5-4-9(11)15-10/h4-5,8H,2-3,6-7H2,1H3/t8-/m1/s1. The molecule has 0 N–H and O–H groups in total. The summed E-state index contributed by atoms with van der Waals surface area (Å²) in [6, 6.07) is 2.54. The van der Waals surface area contributed by atoms with Crippen molar-refractivity contribution >= 4 is 21.4 Å². The second-order valence-electron chi connectivity index (χ2n) is 4.17. The highest BCUT2D eigenvalue weighted by atomic mass is 32.2. The molecule has 90 valence electrons. The molecule has 1 atom stereocenters. The molecule has 0 radical (unpaired) electrons. The van der Waals surface area contributed by atoms with Crippen LogP contribution in [-0.2, 0) is 10.0 Å². The van der Waals surface area contributed by atoms with Crippen LogP contribution in [0.3, 0.4) is 0 Å². The monoisotopic (exact) mass is 263 g/mol. The lowest BCUT2D eigenvalue weighted by atomic mass is 10.0. The first kappa shape index (κ1) is 12.0. The summed E-state index contributed by atoms with van der Waals surface area (Å²) in [6.45, 7) is 3.13. The Morgan fingerprint density at radius 1 is 1.50 bits per heavy atom. The molecule has 0 aliphatic carbocycles. The van der Waals surface area contributed by atoms with E-state index in [1.807, 2.05) is 6.92 Å². The molecule has 0 unspecified atom stereocenters. The number of halogens is 1. The van der Waals surface area contributed by atoms with Crippen LogP contribution in [0.2, 0.25) is 0 Å². The van der Waals surface area contributed by atoms with Gasteiger partial charge in [-0.2, -0.15) is 8.70 Å². The van der Waals surface area contributed by atoms with E-state index in [-0.39, 0.29) is 4.21 Å². The normalized spacial score (nSPS) is 23.5. The van der Waals surface area contributed by atoms with Crippen molar-refractivity contribution in [3.63, 3.8) is 0 Å². The van der Waals surface area contributed by atoms with Crippen molar-refractivity contribution in [3.05, 3.63) is 17.3 Å². The average molecular weight is 263 g/mol. The van der Waals surface area contributed by atoms with Crippen molar-refractivity contribution in [2.24, 2.45) is 5.92 Å². The first-order valence-corrected chi connectivity index (χ1v) is 7.51. The van der Waals surface area contributed by atoms with E-state index in [4.69, 9.17) is 0 Å². The average Bonchev–Trinajstić information content (AvgIpc) is 2.65. The Bertz CT molecular complexity index is 469. The van der Waals surface area contributed by atoms with E-state index in [9.17, 15) is 12.8 Å². The smallest absolute Gasteiger partial charge is 0.206 e. The first-order valence-electron chi connectivity index (χ1n) is 5.25. The van der Waals surface area contributed by atoms with Crippen LogP contribution >= 0.6 is 11.3 Å². The highest BCUT2D eigenvalue weighted by molar-refractivity contribution is 7.91. The summed E-state index contributed by atoms with van der Waals surface area (Å²) < 4.78 is 38.6. The Kier molecular flexibility index (Phi) is 3.32. The molecule has 0 spiro atoms. The van der Waals surface area contributed by atoms with Gasteiger partial charge < -0.3 is 0 Å². The van der Waals surface area contributed by atoms with Crippen molar-refractivity contribution in [2.75, 3.05) is 13.1 Å². The van der Waals surface area contributed by atoms with Gasteiger partial charge in [0, 0.05) is 13.1 Å². The van der Waals surface area contributed by atoms with Crippen molar-refractivity contribution in [1.82, 2.24) is 4.31 Å². The summed E-state index contributed by atoms with van der Waals surface area (Å²) >= 11 is 0.693. The maximum Gasteiger partial charge on any atom is 0.252 e. The van der Waals surface area contributed by atoms with Crippen LogP contribution in [0.4, 0.5) is 4.39 Å². The van der Waals surface area contributed by atoms with Gasteiger partial charge in [-0.15, -0.1) is 0 Å². The fourth-order valence-corrected chi connectivity index (χ4v) is 4.68. The largest absolute Gasteiger partial charge is 0.252 e. The number of nitrogens with zero attached hydrogens (tertiary/aromatic N) is 1. The van der Waals surface area contributed by atoms with Gasteiger partial charge in [0.2, 0.25) is 0 Å². The number of rotatable bonds is 2. The molecular weight excluding hydrogens is 249 g/mol. The summed E-state index contributed by atoms with van der Waals surface area (Å²) in [6.07, 6.45) is 1.94. The van der Waals surface area contributed by atoms with E-state index in [1.54, 1.807) is 0 Å². The molecule has 6 heteroatoms. The first-order chi connectivity index (χ1) is 7.50.